The highest BCUT2D eigenvalue weighted by Crippen LogP contribution is 2.17. The second-order valence-electron chi connectivity index (χ2n) is 2.17. The van der Waals surface area contributed by atoms with E-state index in [1.165, 1.54) is 0 Å². The molecule has 0 bridgehead atoms. The predicted molar refractivity (Wildman–Crippen MR) is 49.2 cm³/mol. The quantitative estimate of drug-likeness (QED) is 0.300. The van der Waals surface area contributed by atoms with Crippen molar-refractivity contribution in [2.75, 3.05) is 6.61 Å². The Morgan fingerprint density at radius 3 is 2.92 bits per heavy atom. The van der Waals surface area contributed by atoms with E-state index in [0.717, 1.165) is 0 Å². The number of hydrogen-bond donors (Lipinski definition) is 1. The Labute approximate surface area is 75.5 Å². The van der Waals surface area contributed by atoms with Gasteiger partial charge in [0.1, 0.15) is 6.61 Å². The summed E-state index contributed by atoms with van der Waals surface area (Å²) in [5.41, 5.74) is 9.33. The smallest absolute Gasteiger partial charge is 0.104 e. The first-order valence-corrected chi connectivity index (χ1v) is 3.62. The van der Waals surface area contributed by atoms with Gasteiger partial charge in [-0.15, -0.1) is 0 Å². The lowest BCUT2D eigenvalue weighted by molar-refractivity contribution is 0.350. The van der Waals surface area contributed by atoms with Crippen molar-refractivity contribution in [1.29, 1.82) is 0 Å². The molecule has 0 aromatic heterocycles. The van der Waals surface area contributed by atoms with Gasteiger partial charge in [0, 0.05) is 10.5 Å². The maximum absolute atomic E-state index is 8.47. The Morgan fingerprint density at radius 2 is 2.23 bits per heavy atom. The highest BCUT2D eigenvalue weighted by atomic mass is 16.2. The van der Waals surface area contributed by atoms with Crippen LogP contribution in [0.1, 0.15) is 5.56 Å². The van der Waals surface area contributed by atoms with Crippen molar-refractivity contribution >= 4 is 5.69 Å². The SMILES string of the molecule is [N-]=[N+]=Nc1ccccc1C#CCO. The summed E-state index contributed by atoms with van der Waals surface area (Å²) >= 11 is 0. The van der Waals surface area contributed by atoms with Gasteiger partial charge in [-0.25, -0.2) is 0 Å². The third-order valence-corrected chi connectivity index (χ3v) is 1.36. The molecule has 4 nitrogen and oxygen atoms in total. The molecule has 0 aliphatic rings. The number of hydrogen-bond acceptors (Lipinski definition) is 2. The largest absolute Gasteiger partial charge is 0.384 e. The molecule has 1 aromatic carbocycles. The molecule has 0 aliphatic carbocycles. The first-order valence-electron chi connectivity index (χ1n) is 3.62. The van der Waals surface area contributed by atoms with Crippen LogP contribution in [-0.2, 0) is 0 Å². The maximum atomic E-state index is 8.47. The van der Waals surface area contributed by atoms with Crippen molar-refractivity contribution in [3.8, 4) is 11.8 Å². The van der Waals surface area contributed by atoms with Crippen LogP contribution in [0.3, 0.4) is 0 Å². The lowest BCUT2D eigenvalue weighted by atomic mass is 10.2. The van der Waals surface area contributed by atoms with Crippen molar-refractivity contribution in [3.63, 3.8) is 0 Å². The molecule has 0 saturated heterocycles. The topological polar surface area (TPSA) is 69.0 Å². The summed E-state index contributed by atoms with van der Waals surface area (Å²) in [5.74, 6) is 5.17. The molecule has 0 saturated carbocycles. The molecule has 0 fully saturated rings. The van der Waals surface area contributed by atoms with Crippen LogP contribution in [-0.4, -0.2) is 11.7 Å². The van der Waals surface area contributed by atoms with Crippen LogP contribution < -0.4 is 0 Å². The second kappa shape index (κ2) is 4.83. The van der Waals surface area contributed by atoms with Gasteiger partial charge in [-0.3, -0.25) is 0 Å². The van der Waals surface area contributed by atoms with E-state index in [2.05, 4.69) is 21.9 Å². The van der Waals surface area contributed by atoms with Crippen LogP contribution in [0.15, 0.2) is 29.4 Å². The molecule has 64 valence electrons. The summed E-state index contributed by atoms with van der Waals surface area (Å²) < 4.78 is 0. The number of nitrogens with zero attached hydrogens (tertiary/aromatic N) is 3. The fraction of sp³-hybridized carbons (Fsp3) is 0.111. The second-order valence-corrected chi connectivity index (χ2v) is 2.17. The average molecular weight is 173 g/mol. The molecule has 4 heteroatoms. The van der Waals surface area contributed by atoms with E-state index in [1.54, 1.807) is 24.3 Å². The molecule has 13 heavy (non-hydrogen) atoms. The summed E-state index contributed by atoms with van der Waals surface area (Å²) in [6.45, 7) is -0.204. The Bertz CT molecular complexity index is 397. The standard InChI is InChI=1S/C9H7N3O/c10-12-11-9-6-2-1-4-8(9)5-3-7-13/h1-2,4,6,13H,7H2. The molecule has 0 unspecified atom stereocenters. The fourth-order valence-electron chi connectivity index (χ4n) is 0.849. The van der Waals surface area contributed by atoms with Crippen molar-refractivity contribution in [2.24, 2.45) is 5.11 Å². The van der Waals surface area contributed by atoms with Crippen LogP contribution in [0.5, 0.6) is 0 Å². The summed E-state index contributed by atoms with van der Waals surface area (Å²) in [7, 11) is 0. The number of aliphatic hydroxyl groups excluding tert-OH is 1. The van der Waals surface area contributed by atoms with Crippen LogP contribution in [0.4, 0.5) is 5.69 Å². The Kier molecular flexibility index (Phi) is 3.40. The number of rotatable bonds is 1. The van der Waals surface area contributed by atoms with Gasteiger partial charge in [-0.05, 0) is 11.6 Å². The molecule has 0 atom stereocenters. The van der Waals surface area contributed by atoms with Gasteiger partial charge in [-0.1, -0.05) is 35.2 Å². The average Bonchev–Trinajstić information content (AvgIpc) is 2.17. The van der Waals surface area contributed by atoms with E-state index in [-0.39, 0.29) is 6.61 Å². The first-order chi connectivity index (χ1) is 6.38. The molecule has 0 spiro atoms. The molecule has 0 aliphatic heterocycles. The Hall–Kier alpha value is -1.95. The molecular weight excluding hydrogens is 166 g/mol. The van der Waals surface area contributed by atoms with Crippen molar-refractivity contribution in [1.82, 2.24) is 0 Å². The number of benzene rings is 1. The summed E-state index contributed by atoms with van der Waals surface area (Å²) in [6, 6.07) is 6.94. The van der Waals surface area contributed by atoms with E-state index in [9.17, 15) is 0 Å². The van der Waals surface area contributed by atoms with E-state index in [4.69, 9.17) is 10.6 Å². The van der Waals surface area contributed by atoms with Gasteiger partial charge in [-0.2, -0.15) is 0 Å². The minimum absolute atomic E-state index is 0.204. The van der Waals surface area contributed by atoms with Gasteiger partial charge in [0.2, 0.25) is 0 Å². The highest BCUT2D eigenvalue weighted by Gasteiger charge is 1.93. The van der Waals surface area contributed by atoms with Gasteiger partial charge in [0.05, 0.1) is 5.69 Å². The van der Waals surface area contributed by atoms with Gasteiger partial charge < -0.3 is 5.11 Å². The van der Waals surface area contributed by atoms with E-state index in [0.29, 0.717) is 11.3 Å². The highest BCUT2D eigenvalue weighted by molar-refractivity contribution is 5.54. The number of azide groups is 1. The molecule has 0 heterocycles. The van der Waals surface area contributed by atoms with E-state index >= 15 is 0 Å². The van der Waals surface area contributed by atoms with Crippen molar-refractivity contribution in [2.45, 2.75) is 0 Å². The molecule has 1 N–H and O–H groups in total. The molecule has 0 amide bonds. The van der Waals surface area contributed by atoms with E-state index in [1.807, 2.05) is 0 Å². The monoisotopic (exact) mass is 173 g/mol. The van der Waals surface area contributed by atoms with Crippen molar-refractivity contribution < 1.29 is 5.11 Å². The molecule has 1 aromatic rings. The third kappa shape index (κ3) is 2.53. The minimum atomic E-state index is -0.204. The number of aliphatic hydroxyl groups is 1. The third-order valence-electron chi connectivity index (χ3n) is 1.36. The van der Waals surface area contributed by atoms with Gasteiger partial charge in [0.25, 0.3) is 0 Å². The van der Waals surface area contributed by atoms with Gasteiger partial charge in [0.15, 0.2) is 0 Å². The van der Waals surface area contributed by atoms with Crippen LogP contribution in [0, 0.1) is 11.8 Å². The van der Waals surface area contributed by atoms with Crippen LogP contribution in [0.25, 0.3) is 10.4 Å². The fourth-order valence-corrected chi connectivity index (χ4v) is 0.849. The van der Waals surface area contributed by atoms with Gasteiger partial charge >= 0.3 is 0 Å². The summed E-state index contributed by atoms with van der Waals surface area (Å²) in [4.78, 5) is 2.67. The first kappa shape index (κ1) is 9.14. The maximum Gasteiger partial charge on any atom is 0.104 e. The molecule has 0 radical (unpaired) electrons. The zero-order valence-corrected chi connectivity index (χ0v) is 6.81. The zero-order chi connectivity index (χ0) is 9.52. The molecular formula is C9H7N3O. The van der Waals surface area contributed by atoms with Crippen LogP contribution in [0.2, 0.25) is 0 Å². The lowest BCUT2D eigenvalue weighted by Crippen LogP contribution is -1.76. The summed E-state index contributed by atoms with van der Waals surface area (Å²) in [5, 5.41) is 11.9. The lowest BCUT2D eigenvalue weighted by Gasteiger charge is -1.93. The van der Waals surface area contributed by atoms with Crippen LogP contribution >= 0.6 is 0 Å². The zero-order valence-electron chi connectivity index (χ0n) is 6.81. The predicted octanol–water partition coefficient (Wildman–Crippen LogP) is 1.97. The van der Waals surface area contributed by atoms with E-state index < -0.39 is 0 Å². The normalized spacial score (nSPS) is 8.08. The molecule has 1 rings (SSSR count). The Balaban J connectivity index is 3.11. The van der Waals surface area contributed by atoms with Crippen molar-refractivity contribution in [3.05, 3.63) is 40.3 Å². The Morgan fingerprint density at radius 1 is 1.46 bits per heavy atom. The summed E-state index contributed by atoms with van der Waals surface area (Å²) in [6.07, 6.45) is 0. The minimum Gasteiger partial charge on any atom is -0.384 e.